The number of nitrogens with zero attached hydrogens (tertiary/aromatic N) is 2. The predicted molar refractivity (Wildman–Crippen MR) is 111 cm³/mol. The standard InChI is InChI=1S/C20H19IN2O2/c1-14-5-2-3-6-15(14)7-10-19-22-18-9-8-16(21)13-17(18)20(25)23(19)11-4-12-24/h2-3,5-10,13,24H,4,11-12H2,1H3/b10-7+. The van der Waals surface area contributed by atoms with Crippen molar-refractivity contribution in [2.24, 2.45) is 0 Å². The maximum atomic E-state index is 12.9. The zero-order chi connectivity index (χ0) is 17.8. The maximum absolute atomic E-state index is 12.9. The Kier molecular flexibility index (Phi) is 5.65. The Balaban J connectivity index is 2.13. The summed E-state index contributed by atoms with van der Waals surface area (Å²) in [7, 11) is 0. The molecule has 0 spiro atoms. The van der Waals surface area contributed by atoms with Crippen molar-refractivity contribution in [3.8, 4) is 0 Å². The predicted octanol–water partition coefficient (Wildman–Crippen LogP) is 3.86. The average molecular weight is 446 g/mol. The highest BCUT2D eigenvalue weighted by atomic mass is 127. The third-order valence-electron chi connectivity index (χ3n) is 4.09. The Hall–Kier alpha value is -1.99. The molecular weight excluding hydrogens is 427 g/mol. The van der Waals surface area contributed by atoms with E-state index in [0.717, 1.165) is 9.13 Å². The molecule has 0 fully saturated rings. The number of aliphatic hydroxyl groups excluding tert-OH is 1. The lowest BCUT2D eigenvalue weighted by atomic mass is 10.1. The van der Waals surface area contributed by atoms with E-state index in [1.54, 1.807) is 4.57 Å². The molecule has 0 aliphatic carbocycles. The zero-order valence-electron chi connectivity index (χ0n) is 13.9. The Morgan fingerprint density at radius 3 is 2.76 bits per heavy atom. The van der Waals surface area contributed by atoms with Gasteiger partial charge in [0.15, 0.2) is 0 Å². The van der Waals surface area contributed by atoms with Crippen LogP contribution in [0.2, 0.25) is 0 Å². The Morgan fingerprint density at radius 1 is 1.20 bits per heavy atom. The van der Waals surface area contributed by atoms with Crippen molar-refractivity contribution in [1.82, 2.24) is 9.55 Å². The van der Waals surface area contributed by atoms with Crippen molar-refractivity contribution in [2.75, 3.05) is 6.61 Å². The summed E-state index contributed by atoms with van der Waals surface area (Å²) in [6, 6.07) is 13.7. The molecule has 0 saturated carbocycles. The molecule has 128 valence electrons. The second kappa shape index (κ2) is 7.93. The minimum absolute atomic E-state index is 0.0394. The molecule has 0 amide bonds. The van der Waals surface area contributed by atoms with Crippen molar-refractivity contribution in [1.29, 1.82) is 0 Å². The van der Waals surface area contributed by atoms with Crippen LogP contribution < -0.4 is 5.56 Å². The van der Waals surface area contributed by atoms with Crippen molar-refractivity contribution >= 4 is 45.6 Å². The van der Waals surface area contributed by atoms with Gasteiger partial charge in [-0.25, -0.2) is 4.98 Å². The van der Waals surface area contributed by atoms with Crippen molar-refractivity contribution in [3.63, 3.8) is 0 Å². The molecule has 0 atom stereocenters. The summed E-state index contributed by atoms with van der Waals surface area (Å²) >= 11 is 2.19. The largest absolute Gasteiger partial charge is 0.396 e. The Labute approximate surface area is 160 Å². The summed E-state index contributed by atoms with van der Waals surface area (Å²) < 4.78 is 2.64. The second-order valence-corrected chi connectivity index (χ2v) is 7.10. The van der Waals surface area contributed by atoms with Crippen LogP contribution in [0.5, 0.6) is 0 Å². The van der Waals surface area contributed by atoms with Gasteiger partial charge in [-0.3, -0.25) is 9.36 Å². The number of fused-ring (bicyclic) bond motifs is 1. The quantitative estimate of drug-likeness (QED) is 0.606. The van der Waals surface area contributed by atoms with Gasteiger partial charge in [0.25, 0.3) is 5.56 Å². The number of halogens is 1. The molecular formula is C20H19IN2O2. The molecule has 0 bridgehead atoms. The molecule has 5 heteroatoms. The molecule has 1 N–H and O–H groups in total. The number of rotatable bonds is 5. The van der Waals surface area contributed by atoms with Crippen LogP contribution in [0.4, 0.5) is 0 Å². The molecule has 1 aromatic heterocycles. The van der Waals surface area contributed by atoms with Crippen molar-refractivity contribution < 1.29 is 5.11 Å². The normalized spacial score (nSPS) is 11.5. The van der Waals surface area contributed by atoms with Gasteiger partial charge in [-0.05, 0) is 71.3 Å². The fourth-order valence-corrected chi connectivity index (χ4v) is 3.21. The van der Waals surface area contributed by atoms with Gasteiger partial charge in [-0.2, -0.15) is 0 Å². The third-order valence-corrected chi connectivity index (χ3v) is 4.76. The Morgan fingerprint density at radius 2 is 2.00 bits per heavy atom. The third kappa shape index (κ3) is 3.99. The minimum atomic E-state index is -0.0681. The van der Waals surface area contributed by atoms with E-state index in [1.807, 2.05) is 61.5 Å². The lowest BCUT2D eigenvalue weighted by Gasteiger charge is -2.11. The highest BCUT2D eigenvalue weighted by molar-refractivity contribution is 14.1. The summed E-state index contributed by atoms with van der Waals surface area (Å²) in [5.41, 5.74) is 2.88. The van der Waals surface area contributed by atoms with Crippen LogP contribution in [0, 0.1) is 10.5 Å². The summed E-state index contributed by atoms with van der Waals surface area (Å²) in [5.74, 6) is 0.607. The number of hydrogen-bond acceptors (Lipinski definition) is 3. The number of aliphatic hydroxyl groups is 1. The first kappa shape index (κ1) is 17.8. The maximum Gasteiger partial charge on any atom is 0.261 e. The van der Waals surface area contributed by atoms with Crippen LogP contribution in [-0.4, -0.2) is 21.3 Å². The first-order chi connectivity index (χ1) is 12.1. The van der Waals surface area contributed by atoms with Crippen molar-refractivity contribution in [2.45, 2.75) is 19.9 Å². The van der Waals surface area contributed by atoms with E-state index in [0.29, 0.717) is 29.7 Å². The molecule has 2 aromatic carbocycles. The van der Waals surface area contributed by atoms with Gasteiger partial charge >= 0.3 is 0 Å². The first-order valence-electron chi connectivity index (χ1n) is 8.15. The summed E-state index contributed by atoms with van der Waals surface area (Å²) in [5, 5.41) is 9.77. The van der Waals surface area contributed by atoms with Crippen LogP contribution >= 0.6 is 22.6 Å². The second-order valence-electron chi connectivity index (χ2n) is 5.86. The number of hydrogen-bond donors (Lipinski definition) is 1. The zero-order valence-corrected chi connectivity index (χ0v) is 16.1. The molecule has 0 aliphatic heterocycles. The minimum Gasteiger partial charge on any atom is -0.396 e. The first-order valence-corrected chi connectivity index (χ1v) is 9.22. The van der Waals surface area contributed by atoms with Crippen LogP contribution in [-0.2, 0) is 6.54 Å². The van der Waals surface area contributed by atoms with E-state index in [9.17, 15) is 4.79 Å². The number of benzene rings is 2. The monoisotopic (exact) mass is 446 g/mol. The SMILES string of the molecule is Cc1ccccc1/C=C/c1nc2ccc(I)cc2c(=O)n1CCCO. The van der Waals surface area contributed by atoms with Crippen LogP contribution in [0.25, 0.3) is 23.1 Å². The molecule has 25 heavy (non-hydrogen) atoms. The highest BCUT2D eigenvalue weighted by Gasteiger charge is 2.09. The van der Waals surface area contributed by atoms with Crippen LogP contribution in [0.15, 0.2) is 47.3 Å². The smallest absolute Gasteiger partial charge is 0.261 e. The molecule has 1 heterocycles. The molecule has 0 radical (unpaired) electrons. The molecule has 4 nitrogen and oxygen atoms in total. The summed E-state index contributed by atoms with van der Waals surface area (Å²) in [4.78, 5) is 17.6. The van der Waals surface area contributed by atoms with Gasteiger partial charge in [0.05, 0.1) is 10.9 Å². The van der Waals surface area contributed by atoms with Crippen LogP contribution in [0.3, 0.4) is 0 Å². The lowest BCUT2D eigenvalue weighted by molar-refractivity contribution is 0.278. The van der Waals surface area contributed by atoms with Gasteiger partial charge in [0.1, 0.15) is 5.82 Å². The molecule has 0 unspecified atom stereocenters. The van der Waals surface area contributed by atoms with Crippen LogP contribution in [0.1, 0.15) is 23.4 Å². The molecule has 0 aliphatic rings. The van der Waals surface area contributed by atoms with Gasteiger partial charge < -0.3 is 5.11 Å². The Bertz CT molecular complexity index is 993. The molecule has 3 rings (SSSR count). The van der Waals surface area contributed by atoms with E-state index >= 15 is 0 Å². The van der Waals surface area contributed by atoms with E-state index in [1.165, 1.54) is 5.56 Å². The van der Waals surface area contributed by atoms with E-state index in [-0.39, 0.29) is 12.2 Å². The van der Waals surface area contributed by atoms with Gasteiger partial charge in [-0.1, -0.05) is 30.3 Å². The average Bonchev–Trinajstić information content (AvgIpc) is 2.61. The van der Waals surface area contributed by atoms with Gasteiger partial charge in [0.2, 0.25) is 0 Å². The highest BCUT2D eigenvalue weighted by Crippen LogP contribution is 2.16. The number of aromatic nitrogens is 2. The number of aryl methyl sites for hydroxylation is 1. The summed E-state index contributed by atoms with van der Waals surface area (Å²) in [6.07, 6.45) is 4.37. The fraction of sp³-hybridized carbons (Fsp3) is 0.200. The van der Waals surface area contributed by atoms with E-state index in [4.69, 9.17) is 5.11 Å². The fourth-order valence-electron chi connectivity index (χ4n) is 2.72. The molecule has 0 saturated heterocycles. The van der Waals surface area contributed by atoms with Gasteiger partial charge in [-0.15, -0.1) is 0 Å². The summed E-state index contributed by atoms with van der Waals surface area (Å²) in [6.45, 7) is 2.53. The molecule has 3 aromatic rings. The van der Waals surface area contributed by atoms with Gasteiger partial charge in [0, 0.05) is 16.7 Å². The lowest BCUT2D eigenvalue weighted by Crippen LogP contribution is -2.24. The topological polar surface area (TPSA) is 55.1 Å². The van der Waals surface area contributed by atoms with E-state index < -0.39 is 0 Å². The van der Waals surface area contributed by atoms with Crippen molar-refractivity contribution in [3.05, 3.63) is 73.3 Å². The van der Waals surface area contributed by atoms with E-state index in [2.05, 4.69) is 27.6 Å².